The van der Waals surface area contributed by atoms with E-state index in [1.165, 1.54) is 19.1 Å². The third-order valence-electron chi connectivity index (χ3n) is 6.06. The fourth-order valence-corrected chi connectivity index (χ4v) is 4.88. The predicted molar refractivity (Wildman–Crippen MR) is 141 cm³/mol. The Morgan fingerprint density at radius 3 is 2.56 bits per heavy atom. The number of nitrogens with one attached hydrogen (secondary N) is 2. The van der Waals surface area contributed by atoms with Crippen molar-refractivity contribution in [3.63, 3.8) is 0 Å². The molecule has 182 valence electrons. The van der Waals surface area contributed by atoms with Crippen LogP contribution in [0.1, 0.15) is 30.4 Å². The molecule has 9 heteroatoms. The molecule has 2 N–H and O–H groups in total. The van der Waals surface area contributed by atoms with E-state index in [0.717, 1.165) is 22.8 Å². The Hall–Kier alpha value is -4.24. The van der Waals surface area contributed by atoms with Crippen molar-refractivity contribution in [3.8, 4) is 11.4 Å². The number of aromatic nitrogens is 2. The lowest BCUT2D eigenvalue weighted by Gasteiger charge is -2.29. The summed E-state index contributed by atoms with van der Waals surface area (Å²) in [5.74, 6) is 0.0353. The highest BCUT2D eigenvalue weighted by Crippen LogP contribution is 2.43. The molecular formula is C27H24FN5O2S. The molecule has 0 aliphatic carbocycles. The third-order valence-corrected chi connectivity index (χ3v) is 6.37. The van der Waals surface area contributed by atoms with Crippen LogP contribution in [0.3, 0.4) is 0 Å². The summed E-state index contributed by atoms with van der Waals surface area (Å²) in [5.41, 5.74) is 3.89. The van der Waals surface area contributed by atoms with Crippen LogP contribution in [0.25, 0.3) is 5.69 Å². The van der Waals surface area contributed by atoms with Crippen molar-refractivity contribution >= 4 is 34.6 Å². The minimum Gasteiger partial charge on any atom is -0.495 e. The summed E-state index contributed by atoms with van der Waals surface area (Å²) in [4.78, 5) is 18.4. The number of hydrogen-bond acceptors (Lipinski definition) is 4. The molecule has 1 aliphatic rings. The van der Waals surface area contributed by atoms with Gasteiger partial charge in [0.1, 0.15) is 17.6 Å². The topological polar surface area (TPSA) is 71.4 Å². The van der Waals surface area contributed by atoms with Gasteiger partial charge in [-0.3, -0.25) is 9.78 Å². The van der Waals surface area contributed by atoms with Gasteiger partial charge in [-0.25, -0.2) is 4.39 Å². The van der Waals surface area contributed by atoms with Crippen LogP contribution < -0.4 is 20.3 Å². The first-order chi connectivity index (χ1) is 17.5. The Morgan fingerprint density at radius 2 is 1.86 bits per heavy atom. The molecule has 3 heterocycles. The van der Waals surface area contributed by atoms with Crippen LogP contribution in [0.4, 0.5) is 15.8 Å². The summed E-state index contributed by atoms with van der Waals surface area (Å²) in [5, 5.41) is 6.78. The first-order valence-electron chi connectivity index (χ1n) is 11.4. The monoisotopic (exact) mass is 501 g/mol. The summed E-state index contributed by atoms with van der Waals surface area (Å²) >= 11 is 5.83. The Kier molecular flexibility index (Phi) is 6.39. The highest BCUT2D eigenvalue weighted by molar-refractivity contribution is 7.80. The van der Waals surface area contributed by atoms with E-state index >= 15 is 0 Å². The van der Waals surface area contributed by atoms with Gasteiger partial charge in [0, 0.05) is 36.4 Å². The van der Waals surface area contributed by atoms with Crippen LogP contribution in [0, 0.1) is 5.82 Å². The summed E-state index contributed by atoms with van der Waals surface area (Å²) < 4.78 is 21.1. The van der Waals surface area contributed by atoms with Gasteiger partial charge in [0.15, 0.2) is 5.11 Å². The van der Waals surface area contributed by atoms with Crippen LogP contribution >= 0.6 is 12.2 Å². The van der Waals surface area contributed by atoms with Crippen LogP contribution in [0.5, 0.6) is 5.75 Å². The summed E-state index contributed by atoms with van der Waals surface area (Å²) in [7, 11) is 1.55. The van der Waals surface area contributed by atoms with E-state index in [4.69, 9.17) is 17.0 Å². The van der Waals surface area contributed by atoms with Crippen molar-refractivity contribution in [2.45, 2.75) is 19.0 Å². The average Bonchev–Trinajstić information content (AvgIpc) is 3.49. The van der Waals surface area contributed by atoms with Gasteiger partial charge >= 0.3 is 0 Å². The number of benzene rings is 2. The fourth-order valence-electron chi connectivity index (χ4n) is 4.54. The van der Waals surface area contributed by atoms with E-state index in [1.54, 1.807) is 31.5 Å². The Labute approximate surface area is 213 Å². The number of thiocarbonyl (C=S) groups is 1. The second kappa shape index (κ2) is 9.79. The van der Waals surface area contributed by atoms with Gasteiger partial charge < -0.3 is 24.8 Å². The lowest BCUT2D eigenvalue weighted by molar-refractivity contribution is -0.114. The molecule has 1 amide bonds. The van der Waals surface area contributed by atoms with Crippen LogP contribution in [0.2, 0.25) is 0 Å². The molecule has 2 aromatic heterocycles. The zero-order chi connectivity index (χ0) is 25.2. The largest absolute Gasteiger partial charge is 0.495 e. The van der Waals surface area contributed by atoms with Crippen molar-refractivity contribution in [3.05, 3.63) is 102 Å². The number of ether oxygens (including phenoxy) is 1. The number of hydrogen-bond donors (Lipinski definition) is 2. The molecule has 7 nitrogen and oxygen atoms in total. The number of carbonyl (C=O) groups is 1. The lowest BCUT2D eigenvalue weighted by Crippen LogP contribution is -2.30. The number of amides is 1. The zero-order valence-corrected chi connectivity index (χ0v) is 20.5. The zero-order valence-electron chi connectivity index (χ0n) is 19.7. The van der Waals surface area contributed by atoms with Gasteiger partial charge in [-0.1, -0.05) is 6.07 Å². The molecular weight excluding hydrogens is 477 g/mol. The van der Waals surface area contributed by atoms with Crippen molar-refractivity contribution in [1.29, 1.82) is 0 Å². The molecule has 0 saturated carbocycles. The number of rotatable bonds is 6. The minimum atomic E-state index is -0.300. The van der Waals surface area contributed by atoms with Crippen LogP contribution in [-0.4, -0.2) is 27.7 Å². The highest BCUT2D eigenvalue weighted by Gasteiger charge is 2.42. The summed E-state index contributed by atoms with van der Waals surface area (Å²) in [6.45, 7) is 1.45. The first kappa shape index (κ1) is 23.5. The average molecular weight is 502 g/mol. The molecule has 4 aromatic rings. The number of methoxy groups -OCH3 is 1. The Morgan fingerprint density at radius 1 is 1.08 bits per heavy atom. The predicted octanol–water partition coefficient (Wildman–Crippen LogP) is 5.16. The second-order valence-corrected chi connectivity index (χ2v) is 8.73. The number of carbonyl (C=O) groups excluding carboxylic acids is 1. The molecule has 2 atom stereocenters. The van der Waals surface area contributed by atoms with Crippen LogP contribution in [0.15, 0.2) is 85.2 Å². The molecule has 0 bridgehead atoms. The molecule has 0 spiro atoms. The van der Waals surface area contributed by atoms with E-state index in [1.807, 2.05) is 58.1 Å². The Balaban J connectivity index is 1.66. The van der Waals surface area contributed by atoms with Crippen molar-refractivity contribution in [1.82, 2.24) is 14.9 Å². The van der Waals surface area contributed by atoms with Crippen molar-refractivity contribution < 1.29 is 13.9 Å². The first-order valence-corrected chi connectivity index (χ1v) is 11.8. The maximum atomic E-state index is 13.6. The smallest absolute Gasteiger partial charge is 0.221 e. The normalized spacial score (nSPS) is 17.1. The van der Waals surface area contributed by atoms with E-state index in [-0.39, 0.29) is 23.8 Å². The van der Waals surface area contributed by atoms with Gasteiger partial charge in [-0.2, -0.15) is 0 Å². The standard InChI is InChI=1S/C27H24FN5O2S/c1-17(34)30-22-16-20(12-13-24(22)35-2)33-26(25(31-27(33)36)21-6-3-4-14-29-21)23-7-5-15-32(23)19-10-8-18(28)9-11-19/h3-16,25-26H,1-2H3,(H,30,34)(H,31,36)/t25-,26-/m0/s1. The van der Waals surface area contributed by atoms with Crippen LogP contribution in [-0.2, 0) is 4.79 Å². The number of halogens is 1. The molecule has 5 rings (SSSR count). The van der Waals surface area contributed by atoms with E-state index in [2.05, 4.69) is 15.6 Å². The summed E-state index contributed by atoms with van der Waals surface area (Å²) in [6.07, 6.45) is 3.69. The third kappa shape index (κ3) is 4.40. The van der Waals surface area contributed by atoms with E-state index < -0.39 is 0 Å². The fraction of sp³-hybridized carbons (Fsp3) is 0.148. The molecule has 1 saturated heterocycles. The Bertz CT molecular complexity index is 1410. The number of anilines is 2. The van der Waals surface area contributed by atoms with Crippen molar-refractivity contribution in [2.24, 2.45) is 0 Å². The quantitative estimate of drug-likeness (QED) is 0.356. The minimum absolute atomic E-state index is 0.208. The van der Waals surface area contributed by atoms with Gasteiger partial charge in [-0.15, -0.1) is 0 Å². The van der Waals surface area contributed by atoms with E-state index in [9.17, 15) is 9.18 Å². The van der Waals surface area contributed by atoms with Gasteiger partial charge in [-0.05, 0) is 78.9 Å². The van der Waals surface area contributed by atoms with Crippen molar-refractivity contribution in [2.75, 3.05) is 17.3 Å². The summed E-state index contributed by atoms with van der Waals surface area (Å²) in [6, 6.07) is 21.1. The molecule has 1 fully saturated rings. The lowest BCUT2D eigenvalue weighted by atomic mass is 10.0. The van der Waals surface area contributed by atoms with E-state index in [0.29, 0.717) is 16.5 Å². The molecule has 36 heavy (non-hydrogen) atoms. The maximum Gasteiger partial charge on any atom is 0.221 e. The highest BCUT2D eigenvalue weighted by atomic mass is 32.1. The van der Waals surface area contributed by atoms with Gasteiger partial charge in [0.2, 0.25) is 5.91 Å². The van der Waals surface area contributed by atoms with Gasteiger partial charge in [0.25, 0.3) is 0 Å². The molecule has 0 unspecified atom stereocenters. The number of pyridine rings is 1. The molecule has 2 aromatic carbocycles. The number of nitrogens with zero attached hydrogens (tertiary/aromatic N) is 3. The SMILES string of the molecule is COc1ccc(N2C(=S)N[C@@H](c3ccccn3)[C@@H]2c2cccn2-c2ccc(F)cc2)cc1NC(C)=O. The molecule has 0 radical (unpaired) electrons. The van der Waals surface area contributed by atoms with Gasteiger partial charge in [0.05, 0.1) is 24.5 Å². The maximum absolute atomic E-state index is 13.6. The molecule has 1 aliphatic heterocycles. The second-order valence-electron chi connectivity index (χ2n) is 8.34.